The number of carbonyl (C=O) groups is 1. The maximum Gasteiger partial charge on any atom is 0.416 e. The zero-order chi connectivity index (χ0) is 14.5. The Morgan fingerprint density at radius 1 is 1.32 bits per heavy atom. The first-order chi connectivity index (χ1) is 8.86. The van der Waals surface area contributed by atoms with E-state index in [1.807, 2.05) is 0 Å². The minimum absolute atomic E-state index is 0.0138. The Kier molecular flexibility index (Phi) is 5.09. The third kappa shape index (κ3) is 4.39. The molecule has 0 aliphatic rings. The summed E-state index contributed by atoms with van der Waals surface area (Å²) in [7, 11) is 1.02. The molecule has 104 valence electrons. The maximum atomic E-state index is 13.0. The molecule has 19 heavy (non-hydrogen) atoms. The highest BCUT2D eigenvalue weighted by Gasteiger charge is 2.32. The fourth-order valence-corrected chi connectivity index (χ4v) is 1.55. The highest BCUT2D eigenvalue weighted by Crippen LogP contribution is 2.32. The molecule has 0 heterocycles. The molecule has 0 atom stereocenters. The summed E-state index contributed by atoms with van der Waals surface area (Å²) in [5.74, 6) is -2.24. The van der Waals surface area contributed by atoms with Crippen molar-refractivity contribution in [1.29, 1.82) is 0 Å². The zero-order valence-corrected chi connectivity index (χ0v) is 10.1. The van der Waals surface area contributed by atoms with Crippen LogP contribution >= 0.6 is 0 Å². The van der Waals surface area contributed by atoms with Crippen molar-refractivity contribution in [3.63, 3.8) is 0 Å². The van der Waals surface area contributed by atoms with Gasteiger partial charge in [-0.25, -0.2) is 4.79 Å². The molecule has 0 saturated heterocycles. The Labute approximate surface area is 107 Å². The third-order valence-corrected chi connectivity index (χ3v) is 2.44. The second kappa shape index (κ2) is 6.36. The lowest BCUT2D eigenvalue weighted by atomic mass is 10.0. The first-order valence-electron chi connectivity index (χ1n) is 5.45. The van der Waals surface area contributed by atoms with Crippen LogP contribution in [0.2, 0.25) is 0 Å². The van der Waals surface area contributed by atoms with Gasteiger partial charge in [0.25, 0.3) is 0 Å². The Morgan fingerprint density at radius 3 is 2.53 bits per heavy atom. The van der Waals surface area contributed by atoms with Gasteiger partial charge in [-0.1, -0.05) is 18.2 Å². The number of benzene rings is 1. The SMILES string of the molecule is COC(=O)/C(F)=C/CCc1ccccc1C(F)(F)F. The van der Waals surface area contributed by atoms with Crippen molar-refractivity contribution in [3.05, 3.63) is 47.3 Å². The molecule has 0 radical (unpaired) electrons. The standard InChI is InChI=1S/C13H12F4O2/c1-19-12(18)11(14)8-4-6-9-5-2-3-7-10(9)13(15,16)17/h2-3,5,7-8H,4,6H2,1H3/b11-8-. The quantitative estimate of drug-likeness (QED) is 0.476. The lowest BCUT2D eigenvalue weighted by molar-refractivity contribution is -0.139. The third-order valence-electron chi connectivity index (χ3n) is 2.44. The molecule has 1 aromatic rings. The molecule has 0 aliphatic carbocycles. The Bertz CT molecular complexity index is 478. The van der Waals surface area contributed by atoms with E-state index in [9.17, 15) is 22.4 Å². The normalized spacial score (nSPS) is 12.4. The van der Waals surface area contributed by atoms with E-state index in [0.29, 0.717) is 0 Å². The highest BCUT2D eigenvalue weighted by molar-refractivity contribution is 5.85. The molecule has 1 rings (SSSR count). The summed E-state index contributed by atoms with van der Waals surface area (Å²) in [6.45, 7) is 0. The first-order valence-corrected chi connectivity index (χ1v) is 5.45. The second-order valence-corrected chi connectivity index (χ2v) is 3.74. The van der Waals surface area contributed by atoms with Gasteiger partial charge >= 0.3 is 12.1 Å². The molecule has 0 amide bonds. The number of ether oxygens (including phenoxy) is 1. The Hall–Kier alpha value is -1.85. The van der Waals surface area contributed by atoms with Crippen molar-refractivity contribution in [2.24, 2.45) is 0 Å². The monoisotopic (exact) mass is 276 g/mol. The number of hydrogen-bond acceptors (Lipinski definition) is 2. The van der Waals surface area contributed by atoms with E-state index in [1.54, 1.807) is 0 Å². The van der Waals surface area contributed by atoms with Gasteiger partial charge in [0.15, 0.2) is 0 Å². The van der Waals surface area contributed by atoms with Crippen molar-refractivity contribution in [2.45, 2.75) is 19.0 Å². The minimum atomic E-state index is -4.44. The van der Waals surface area contributed by atoms with Crippen LogP contribution in [0.5, 0.6) is 0 Å². The molecule has 2 nitrogen and oxygen atoms in total. The van der Waals surface area contributed by atoms with Crippen LogP contribution in [0.15, 0.2) is 36.2 Å². The van der Waals surface area contributed by atoms with E-state index < -0.39 is 23.5 Å². The fraction of sp³-hybridized carbons (Fsp3) is 0.308. The zero-order valence-electron chi connectivity index (χ0n) is 10.1. The van der Waals surface area contributed by atoms with E-state index in [-0.39, 0.29) is 18.4 Å². The van der Waals surface area contributed by atoms with Crippen molar-refractivity contribution in [3.8, 4) is 0 Å². The molecular formula is C13H12F4O2. The van der Waals surface area contributed by atoms with Gasteiger partial charge in [-0.05, 0) is 30.5 Å². The molecule has 0 aliphatic heterocycles. The number of carbonyl (C=O) groups excluding carboxylic acids is 1. The van der Waals surface area contributed by atoms with Gasteiger partial charge in [-0.15, -0.1) is 0 Å². The predicted molar refractivity (Wildman–Crippen MR) is 61.0 cm³/mol. The van der Waals surface area contributed by atoms with E-state index in [2.05, 4.69) is 4.74 Å². The number of allylic oxidation sites excluding steroid dienone is 1. The second-order valence-electron chi connectivity index (χ2n) is 3.74. The molecule has 0 N–H and O–H groups in total. The molecular weight excluding hydrogens is 264 g/mol. The smallest absolute Gasteiger partial charge is 0.416 e. The van der Waals surface area contributed by atoms with Crippen LogP contribution in [0.25, 0.3) is 0 Å². The number of methoxy groups -OCH3 is 1. The van der Waals surface area contributed by atoms with Crippen LogP contribution in [-0.2, 0) is 22.1 Å². The van der Waals surface area contributed by atoms with Crippen molar-refractivity contribution < 1.29 is 27.1 Å². The summed E-state index contributed by atoms with van der Waals surface area (Å²) in [5.41, 5.74) is -0.689. The number of halogens is 4. The van der Waals surface area contributed by atoms with Gasteiger partial charge in [-0.2, -0.15) is 17.6 Å². The predicted octanol–water partition coefficient (Wildman–Crippen LogP) is 3.66. The summed E-state index contributed by atoms with van der Waals surface area (Å²) >= 11 is 0. The van der Waals surface area contributed by atoms with Crippen LogP contribution in [0.1, 0.15) is 17.5 Å². The van der Waals surface area contributed by atoms with Gasteiger partial charge in [0, 0.05) is 0 Å². The van der Waals surface area contributed by atoms with Crippen molar-refractivity contribution in [1.82, 2.24) is 0 Å². The molecule has 0 fully saturated rings. The first kappa shape index (κ1) is 15.2. The number of esters is 1. The van der Waals surface area contributed by atoms with E-state index in [1.165, 1.54) is 18.2 Å². The van der Waals surface area contributed by atoms with E-state index in [4.69, 9.17) is 0 Å². The average Bonchev–Trinajstić information content (AvgIpc) is 2.37. The molecule has 0 bridgehead atoms. The number of alkyl halides is 3. The topological polar surface area (TPSA) is 26.3 Å². The van der Waals surface area contributed by atoms with Gasteiger partial charge < -0.3 is 4.74 Å². The van der Waals surface area contributed by atoms with Gasteiger partial charge in [0.1, 0.15) is 0 Å². The van der Waals surface area contributed by atoms with Crippen LogP contribution in [0.3, 0.4) is 0 Å². The van der Waals surface area contributed by atoms with E-state index in [0.717, 1.165) is 19.3 Å². The molecule has 0 unspecified atom stereocenters. The van der Waals surface area contributed by atoms with Crippen LogP contribution < -0.4 is 0 Å². The van der Waals surface area contributed by atoms with Gasteiger partial charge in [0.2, 0.25) is 5.83 Å². The van der Waals surface area contributed by atoms with E-state index >= 15 is 0 Å². The summed E-state index contributed by atoms with van der Waals surface area (Å²) in [6, 6.07) is 5.06. The Morgan fingerprint density at radius 2 is 1.95 bits per heavy atom. The summed E-state index contributed by atoms with van der Waals surface area (Å²) in [6.07, 6.45) is -3.56. The average molecular weight is 276 g/mol. The molecule has 0 saturated carbocycles. The van der Waals surface area contributed by atoms with Crippen LogP contribution in [-0.4, -0.2) is 13.1 Å². The summed E-state index contributed by atoms with van der Waals surface area (Å²) in [4.78, 5) is 10.7. The lowest BCUT2D eigenvalue weighted by Crippen LogP contribution is -2.09. The molecule has 0 aromatic heterocycles. The van der Waals surface area contributed by atoms with Crippen molar-refractivity contribution >= 4 is 5.97 Å². The number of hydrogen-bond donors (Lipinski definition) is 0. The molecule has 1 aromatic carbocycles. The fourth-order valence-electron chi connectivity index (χ4n) is 1.55. The van der Waals surface area contributed by atoms with Gasteiger partial charge in [0.05, 0.1) is 12.7 Å². The van der Waals surface area contributed by atoms with Crippen LogP contribution in [0.4, 0.5) is 17.6 Å². The summed E-state index contributed by atoms with van der Waals surface area (Å²) < 4.78 is 55.1. The largest absolute Gasteiger partial charge is 0.464 e. The van der Waals surface area contributed by atoms with Crippen molar-refractivity contribution in [2.75, 3.05) is 7.11 Å². The maximum absolute atomic E-state index is 13.0. The lowest BCUT2D eigenvalue weighted by Gasteiger charge is -2.11. The number of aryl methyl sites for hydroxylation is 1. The highest BCUT2D eigenvalue weighted by atomic mass is 19.4. The van der Waals surface area contributed by atoms with Gasteiger partial charge in [-0.3, -0.25) is 0 Å². The molecule has 6 heteroatoms. The molecule has 0 spiro atoms. The van der Waals surface area contributed by atoms with Crippen LogP contribution in [0, 0.1) is 0 Å². The number of rotatable bonds is 4. The minimum Gasteiger partial charge on any atom is -0.464 e. The Balaban J connectivity index is 2.77. The summed E-state index contributed by atoms with van der Waals surface area (Å²) in [5, 5.41) is 0.